The molecule has 7 heteroatoms. The molecule has 0 saturated heterocycles. The van der Waals surface area contributed by atoms with Crippen molar-refractivity contribution in [1.82, 2.24) is 10.9 Å². The van der Waals surface area contributed by atoms with Gasteiger partial charge in [-0.05, 0) is 42.3 Å². The number of hydrogen-bond acceptors (Lipinski definition) is 5. The fraction of sp³-hybridized carbons (Fsp3) is 0.238. The molecule has 0 radical (unpaired) electrons. The van der Waals surface area contributed by atoms with E-state index in [4.69, 9.17) is 14.2 Å². The van der Waals surface area contributed by atoms with Crippen LogP contribution in [0.25, 0.3) is 6.08 Å². The Labute approximate surface area is 164 Å². The van der Waals surface area contributed by atoms with Crippen molar-refractivity contribution in [3.05, 3.63) is 59.7 Å². The quantitative estimate of drug-likeness (QED) is 0.683. The number of carbonyl (C=O) groups is 2. The van der Waals surface area contributed by atoms with Gasteiger partial charge in [-0.1, -0.05) is 30.4 Å². The van der Waals surface area contributed by atoms with Crippen LogP contribution in [-0.2, 0) is 16.0 Å². The molecule has 2 rings (SSSR count). The first-order valence-corrected chi connectivity index (χ1v) is 8.70. The number of amides is 2. The van der Waals surface area contributed by atoms with Gasteiger partial charge in [-0.15, -0.1) is 0 Å². The molecule has 2 N–H and O–H groups in total. The van der Waals surface area contributed by atoms with E-state index in [1.165, 1.54) is 7.11 Å². The van der Waals surface area contributed by atoms with Crippen molar-refractivity contribution >= 4 is 17.9 Å². The summed E-state index contributed by atoms with van der Waals surface area (Å²) in [4.78, 5) is 23.8. The van der Waals surface area contributed by atoms with Crippen molar-refractivity contribution in [2.75, 3.05) is 20.8 Å². The highest BCUT2D eigenvalue weighted by atomic mass is 16.5. The minimum absolute atomic E-state index is 0.130. The number of allylic oxidation sites excluding steroid dienone is 1. The van der Waals surface area contributed by atoms with Crippen LogP contribution in [0.1, 0.15) is 18.1 Å². The van der Waals surface area contributed by atoms with Crippen molar-refractivity contribution in [2.45, 2.75) is 13.3 Å². The predicted octanol–water partition coefficient (Wildman–Crippen LogP) is 2.51. The molecule has 2 aromatic rings. The zero-order chi connectivity index (χ0) is 20.4. The van der Waals surface area contributed by atoms with E-state index in [0.717, 1.165) is 11.1 Å². The highest BCUT2D eigenvalue weighted by molar-refractivity contribution is 5.83. The molecule has 0 spiro atoms. The second-order valence-electron chi connectivity index (χ2n) is 5.82. The third kappa shape index (κ3) is 6.35. The van der Waals surface area contributed by atoms with Gasteiger partial charge in [0.15, 0.2) is 18.1 Å². The van der Waals surface area contributed by atoms with Crippen LogP contribution >= 0.6 is 0 Å². The van der Waals surface area contributed by atoms with Crippen LogP contribution in [0, 0.1) is 0 Å². The summed E-state index contributed by atoms with van der Waals surface area (Å²) in [6, 6.07) is 12.5. The first-order valence-electron chi connectivity index (χ1n) is 8.70. The SMILES string of the molecule is C/C=C/c1ccc(OCC(=O)NNC(=O)Cc2ccc(OC)cc2)c(OC)c1. The lowest BCUT2D eigenvalue weighted by atomic mass is 10.1. The maximum absolute atomic E-state index is 11.9. The van der Waals surface area contributed by atoms with Gasteiger partial charge in [0.2, 0.25) is 5.91 Å². The normalized spacial score (nSPS) is 10.4. The van der Waals surface area contributed by atoms with Gasteiger partial charge in [-0.3, -0.25) is 20.4 Å². The maximum Gasteiger partial charge on any atom is 0.276 e. The molecule has 2 amide bonds. The number of rotatable bonds is 8. The molecule has 0 aliphatic heterocycles. The van der Waals surface area contributed by atoms with Crippen LogP contribution in [0.2, 0.25) is 0 Å². The first kappa shape index (κ1) is 20.8. The van der Waals surface area contributed by atoms with Crippen molar-refractivity contribution in [1.29, 1.82) is 0 Å². The minimum Gasteiger partial charge on any atom is -0.497 e. The van der Waals surface area contributed by atoms with E-state index < -0.39 is 5.91 Å². The zero-order valence-corrected chi connectivity index (χ0v) is 16.2. The molecule has 0 bridgehead atoms. The lowest BCUT2D eigenvalue weighted by Gasteiger charge is -2.12. The molecular formula is C21H24N2O5. The van der Waals surface area contributed by atoms with Gasteiger partial charge in [-0.2, -0.15) is 0 Å². The number of nitrogens with one attached hydrogen (secondary N) is 2. The van der Waals surface area contributed by atoms with Gasteiger partial charge < -0.3 is 14.2 Å². The van der Waals surface area contributed by atoms with Crippen LogP contribution < -0.4 is 25.1 Å². The molecule has 0 aliphatic carbocycles. The molecule has 0 aliphatic rings. The molecule has 0 unspecified atom stereocenters. The Morgan fingerprint density at radius 3 is 2.29 bits per heavy atom. The summed E-state index contributed by atoms with van der Waals surface area (Å²) in [6.07, 6.45) is 3.97. The monoisotopic (exact) mass is 384 g/mol. The number of ether oxygens (including phenoxy) is 3. The van der Waals surface area contributed by atoms with Crippen molar-refractivity contribution in [3.63, 3.8) is 0 Å². The molecule has 148 valence electrons. The van der Waals surface area contributed by atoms with Gasteiger partial charge >= 0.3 is 0 Å². The number of carbonyl (C=O) groups excluding carboxylic acids is 2. The second-order valence-corrected chi connectivity index (χ2v) is 5.82. The summed E-state index contributed by atoms with van der Waals surface area (Å²) in [5.74, 6) is 0.848. The van der Waals surface area contributed by atoms with E-state index in [0.29, 0.717) is 17.2 Å². The molecular weight excluding hydrogens is 360 g/mol. The molecule has 0 heterocycles. The fourth-order valence-corrected chi connectivity index (χ4v) is 2.39. The molecule has 2 aromatic carbocycles. The van der Waals surface area contributed by atoms with Gasteiger partial charge in [0.1, 0.15) is 5.75 Å². The molecule has 0 atom stereocenters. The predicted molar refractivity (Wildman–Crippen MR) is 106 cm³/mol. The number of hydrogen-bond donors (Lipinski definition) is 2. The summed E-state index contributed by atoms with van der Waals surface area (Å²) in [5, 5.41) is 0. The summed E-state index contributed by atoms with van der Waals surface area (Å²) >= 11 is 0. The van der Waals surface area contributed by atoms with Crippen molar-refractivity contribution < 1.29 is 23.8 Å². The highest BCUT2D eigenvalue weighted by Crippen LogP contribution is 2.28. The Kier molecular flexibility index (Phi) is 7.90. The standard InChI is InChI=1S/C21H24N2O5/c1-4-5-15-8-11-18(19(12-15)27-3)28-14-21(25)23-22-20(24)13-16-6-9-17(26-2)10-7-16/h4-12H,13-14H2,1-3H3,(H,22,24)(H,23,25)/b5-4+. The third-order valence-electron chi connectivity index (χ3n) is 3.77. The molecule has 0 aromatic heterocycles. The van der Waals surface area contributed by atoms with E-state index in [2.05, 4.69) is 10.9 Å². The summed E-state index contributed by atoms with van der Waals surface area (Å²) in [5.41, 5.74) is 6.45. The van der Waals surface area contributed by atoms with E-state index in [1.54, 1.807) is 37.4 Å². The molecule has 7 nitrogen and oxygen atoms in total. The Morgan fingerprint density at radius 1 is 0.929 bits per heavy atom. The number of hydrazine groups is 1. The lowest BCUT2D eigenvalue weighted by Crippen LogP contribution is -2.44. The Bertz CT molecular complexity index is 831. The van der Waals surface area contributed by atoms with E-state index >= 15 is 0 Å². The average Bonchev–Trinajstić information content (AvgIpc) is 2.72. The Morgan fingerprint density at radius 2 is 1.64 bits per heavy atom. The maximum atomic E-state index is 11.9. The summed E-state index contributed by atoms with van der Waals surface area (Å²) in [7, 11) is 3.10. The number of benzene rings is 2. The molecule has 0 fully saturated rings. The van der Waals surface area contributed by atoms with Crippen LogP contribution in [0.3, 0.4) is 0 Å². The van der Waals surface area contributed by atoms with E-state index in [9.17, 15) is 9.59 Å². The third-order valence-corrected chi connectivity index (χ3v) is 3.77. The van der Waals surface area contributed by atoms with Crippen molar-refractivity contribution in [2.24, 2.45) is 0 Å². The van der Waals surface area contributed by atoms with Crippen LogP contribution in [-0.4, -0.2) is 32.6 Å². The van der Waals surface area contributed by atoms with Gasteiger partial charge in [0.25, 0.3) is 5.91 Å². The largest absolute Gasteiger partial charge is 0.497 e. The zero-order valence-electron chi connectivity index (χ0n) is 16.2. The van der Waals surface area contributed by atoms with Crippen LogP contribution in [0.4, 0.5) is 0 Å². The second kappa shape index (κ2) is 10.6. The minimum atomic E-state index is -0.484. The summed E-state index contributed by atoms with van der Waals surface area (Å²) in [6.45, 7) is 1.66. The van der Waals surface area contributed by atoms with Gasteiger partial charge in [0.05, 0.1) is 20.6 Å². The average molecular weight is 384 g/mol. The van der Waals surface area contributed by atoms with Gasteiger partial charge in [-0.25, -0.2) is 0 Å². The Hall–Kier alpha value is -3.48. The smallest absolute Gasteiger partial charge is 0.276 e. The lowest BCUT2D eigenvalue weighted by molar-refractivity contribution is -0.129. The summed E-state index contributed by atoms with van der Waals surface area (Å²) < 4.78 is 15.8. The number of methoxy groups -OCH3 is 2. The van der Waals surface area contributed by atoms with E-state index in [-0.39, 0.29) is 18.9 Å². The topological polar surface area (TPSA) is 85.9 Å². The van der Waals surface area contributed by atoms with E-state index in [1.807, 2.05) is 31.2 Å². The molecule has 28 heavy (non-hydrogen) atoms. The molecule has 0 saturated carbocycles. The van der Waals surface area contributed by atoms with Crippen LogP contribution in [0.15, 0.2) is 48.5 Å². The fourth-order valence-electron chi connectivity index (χ4n) is 2.39. The van der Waals surface area contributed by atoms with Crippen LogP contribution in [0.5, 0.6) is 17.2 Å². The van der Waals surface area contributed by atoms with Crippen molar-refractivity contribution in [3.8, 4) is 17.2 Å². The Balaban J connectivity index is 1.79. The first-order chi connectivity index (χ1) is 13.5. The van der Waals surface area contributed by atoms with Gasteiger partial charge in [0, 0.05) is 0 Å². The highest BCUT2D eigenvalue weighted by Gasteiger charge is 2.10.